The van der Waals surface area contributed by atoms with Gasteiger partial charge in [0.15, 0.2) is 6.23 Å². The number of nitrogens with one attached hydrogen (secondary N) is 1. The molecule has 1 amide bonds. The molecule has 16 heteroatoms. The number of esters is 1. The molecule has 0 aromatic carbocycles. The minimum Gasteiger partial charge on any atom is -0.480 e. The lowest BCUT2D eigenvalue weighted by Crippen LogP contribution is -2.37. The number of amides is 1. The summed E-state index contributed by atoms with van der Waals surface area (Å²) in [6, 6.07) is -1.51. The van der Waals surface area contributed by atoms with E-state index in [1.807, 2.05) is 0 Å². The van der Waals surface area contributed by atoms with Gasteiger partial charge < -0.3 is 46.7 Å². The molecule has 9 N–H and O–H groups in total. The van der Waals surface area contributed by atoms with Crippen LogP contribution in [0.5, 0.6) is 0 Å². The zero-order valence-corrected chi connectivity index (χ0v) is 17.6. The lowest BCUT2D eigenvalue weighted by molar-refractivity contribution is -0.150. The summed E-state index contributed by atoms with van der Waals surface area (Å²) in [5.74, 6) is -4.46. The molecule has 2 unspecified atom stereocenters. The Morgan fingerprint density at radius 3 is 2.38 bits per heavy atom. The molecule has 6 atom stereocenters. The van der Waals surface area contributed by atoms with Crippen molar-refractivity contribution in [2.24, 2.45) is 11.5 Å². The molecule has 0 aliphatic carbocycles. The lowest BCUT2D eigenvalue weighted by Gasteiger charge is -2.17. The Balaban J connectivity index is 1.96. The summed E-state index contributed by atoms with van der Waals surface area (Å²) in [5.41, 5.74) is 9.58. The van der Waals surface area contributed by atoms with Gasteiger partial charge in [-0.1, -0.05) is 0 Å². The van der Waals surface area contributed by atoms with Crippen molar-refractivity contribution in [2.45, 2.75) is 55.9 Å². The molecule has 1 aromatic heterocycles. The van der Waals surface area contributed by atoms with Gasteiger partial charge in [-0.3, -0.25) is 23.7 Å². The van der Waals surface area contributed by atoms with Gasteiger partial charge in [0.25, 0.3) is 0 Å². The average molecular weight is 487 g/mol. The highest BCUT2D eigenvalue weighted by Gasteiger charge is 2.44. The molecule has 0 bridgehead atoms. The van der Waals surface area contributed by atoms with Crippen molar-refractivity contribution >= 4 is 29.6 Å². The van der Waals surface area contributed by atoms with Crippen LogP contribution in [-0.2, 0) is 28.7 Å². The summed E-state index contributed by atoms with van der Waals surface area (Å²) >= 11 is 0. The summed E-state index contributed by atoms with van der Waals surface area (Å²) in [7, 11) is 0. The van der Waals surface area contributed by atoms with E-state index >= 15 is 0 Å². The van der Waals surface area contributed by atoms with E-state index in [9.17, 15) is 34.2 Å². The fourth-order valence-corrected chi connectivity index (χ4v) is 2.90. The fourth-order valence-electron chi connectivity index (χ4n) is 2.90. The highest BCUT2D eigenvalue weighted by Crippen LogP contribution is 2.28. The van der Waals surface area contributed by atoms with Gasteiger partial charge in [0.1, 0.15) is 42.8 Å². The van der Waals surface area contributed by atoms with Crippen molar-refractivity contribution in [1.82, 2.24) is 9.55 Å². The van der Waals surface area contributed by atoms with E-state index in [-0.39, 0.29) is 18.7 Å². The predicted octanol–water partition coefficient (Wildman–Crippen LogP) is -3.66. The van der Waals surface area contributed by atoms with Crippen molar-refractivity contribution in [2.75, 3.05) is 11.9 Å². The Labute approximate surface area is 191 Å². The molecule has 1 aliphatic rings. The molecule has 2 rings (SSSR count). The molecule has 1 aliphatic heterocycles. The van der Waals surface area contributed by atoms with E-state index in [0.29, 0.717) is 0 Å². The van der Waals surface area contributed by atoms with Gasteiger partial charge in [0.2, 0.25) is 5.91 Å². The smallest absolute Gasteiger partial charge is 0.351 e. The lowest BCUT2D eigenvalue weighted by atomic mass is 10.1. The third-order valence-corrected chi connectivity index (χ3v) is 4.82. The number of hydrogen-bond acceptors (Lipinski definition) is 12. The van der Waals surface area contributed by atoms with Crippen LogP contribution in [0.2, 0.25) is 0 Å². The number of aliphatic carboxylic acids is 2. The van der Waals surface area contributed by atoms with Crippen molar-refractivity contribution in [3.8, 4) is 0 Å². The number of nitrogens with two attached hydrogens (primary N) is 2. The third-order valence-electron chi connectivity index (χ3n) is 4.82. The Bertz CT molecular complexity index is 983. The molecule has 1 fully saturated rings. The number of carbonyl (C=O) groups is 4. The van der Waals surface area contributed by atoms with Gasteiger partial charge in [-0.15, -0.1) is 0 Å². The number of carboxylic acid groups (broad SMARTS) is 2. The van der Waals surface area contributed by atoms with Crippen molar-refractivity contribution in [1.29, 1.82) is 0 Å². The second kappa shape index (κ2) is 11.6. The van der Waals surface area contributed by atoms with Crippen LogP contribution in [0.3, 0.4) is 0 Å². The summed E-state index contributed by atoms with van der Waals surface area (Å²) in [6.45, 7) is -0.490. The van der Waals surface area contributed by atoms with Crippen LogP contribution in [0.4, 0.5) is 5.82 Å². The molecule has 1 aromatic rings. The zero-order chi connectivity index (χ0) is 25.6. The number of anilines is 1. The first kappa shape index (κ1) is 26.8. The molecule has 1 saturated heterocycles. The molecule has 0 saturated carbocycles. The Morgan fingerprint density at radius 2 is 1.79 bits per heavy atom. The summed E-state index contributed by atoms with van der Waals surface area (Å²) < 4.78 is 11.2. The van der Waals surface area contributed by atoms with Crippen LogP contribution in [0, 0.1) is 0 Å². The Kier molecular flexibility index (Phi) is 9.16. The van der Waals surface area contributed by atoms with Gasteiger partial charge in [-0.05, 0) is 12.5 Å². The summed E-state index contributed by atoms with van der Waals surface area (Å²) in [6.07, 6.45) is -5.65. The number of rotatable bonds is 11. The van der Waals surface area contributed by atoms with Gasteiger partial charge in [-0.25, -0.2) is 4.79 Å². The number of carbonyl (C=O) groups excluding carboxylic acids is 2. The molecular weight excluding hydrogens is 462 g/mol. The molecule has 188 valence electrons. The van der Waals surface area contributed by atoms with E-state index in [2.05, 4.69) is 10.3 Å². The molecule has 34 heavy (non-hydrogen) atoms. The van der Waals surface area contributed by atoms with Crippen LogP contribution < -0.4 is 22.5 Å². The Hall–Kier alpha value is -3.44. The summed E-state index contributed by atoms with van der Waals surface area (Å²) in [5, 5.41) is 40.0. The number of hydrogen-bond donors (Lipinski definition) is 7. The molecular formula is C18H25N5O11. The van der Waals surface area contributed by atoms with E-state index in [1.54, 1.807) is 0 Å². The first-order valence-corrected chi connectivity index (χ1v) is 9.93. The van der Waals surface area contributed by atoms with Gasteiger partial charge in [0.05, 0.1) is 6.42 Å². The van der Waals surface area contributed by atoms with Crippen LogP contribution in [0.1, 0.15) is 25.5 Å². The van der Waals surface area contributed by atoms with Gasteiger partial charge >= 0.3 is 23.6 Å². The second-order valence-corrected chi connectivity index (χ2v) is 7.41. The fraction of sp³-hybridized carbons (Fsp3) is 0.556. The SMILES string of the molecule is N[C@@H](CCC(=O)OC[C@H]1O[C@@H](n2ccc(NC(=O)C[C@H](N)C(=O)O)nc2=O)C(O)C1O)C(=O)O. The third kappa shape index (κ3) is 7.03. The predicted molar refractivity (Wildman–Crippen MR) is 109 cm³/mol. The van der Waals surface area contributed by atoms with Crippen LogP contribution in [0.25, 0.3) is 0 Å². The van der Waals surface area contributed by atoms with Crippen molar-refractivity contribution in [3.63, 3.8) is 0 Å². The highest BCUT2D eigenvalue weighted by atomic mass is 16.6. The quantitative estimate of drug-likeness (QED) is 0.148. The number of carboxylic acids is 2. The monoisotopic (exact) mass is 487 g/mol. The van der Waals surface area contributed by atoms with Crippen LogP contribution in [0.15, 0.2) is 17.1 Å². The van der Waals surface area contributed by atoms with Crippen LogP contribution in [-0.4, -0.2) is 90.8 Å². The number of aliphatic hydroxyl groups is 2. The van der Waals surface area contributed by atoms with Crippen molar-refractivity contribution < 1.29 is 49.1 Å². The largest absolute Gasteiger partial charge is 0.480 e. The van der Waals surface area contributed by atoms with E-state index in [0.717, 1.165) is 10.8 Å². The first-order valence-electron chi connectivity index (χ1n) is 9.93. The maximum Gasteiger partial charge on any atom is 0.351 e. The number of ether oxygens (including phenoxy) is 2. The standard InChI is InChI=1S/C18H25N5O11/c19-7(16(28)29)1-2-12(25)33-6-9-13(26)14(27)15(34-9)23-4-3-10(22-18(23)32)21-11(24)5-8(20)17(30)31/h3-4,7-9,13-15,26-27H,1-2,5-6,19-20H2,(H,28,29)(H,30,31)(H,21,22,24,32)/t7-,8-,9+,13?,14?,15+/m0/s1. The molecule has 2 heterocycles. The first-order chi connectivity index (χ1) is 15.9. The number of aromatic nitrogens is 2. The van der Waals surface area contributed by atoms with Gasteiger partial charge in [-0.2, -0.15) is 4.98 Å². The maximum atomic E-state index is 12.3. The van der Waals surface area contributed by atoms with E-state index in [1.165, 1.54) is 6.07 Å². The second-order valence-electron chi connectivity index (χ2n) is 7.41. The normalized spacial score (nSPS) is 23.6. The highest BCUT2D eigenvalue weighted by molar-refractivity contribution is 5.93. The average Bonchev–Trinajstić information content (AvgIpc) is 3.04. The summed E-state index contributed by atoms with van der Waals surface area (Å²) in [4.78, 5) is 60.8. The Morgan fingerprint density at radius 1 is 1.15 bits per heavy atom. The van der Waals surface area contributed by atoms with Crippen LogP contribution >= 0.6 is 0 Å². The van der Waals surface area contributed by atoms with E-state index in [4.69, 9.17) is 31.2 Å². The minimum atomic E-state index is -1.60. The molecule has 0 spiro atoms. The minimum absolute atomic E-state index is 0.167. The topological polar surface area (TPSA) is 267 Å². The van der Waals surface area contributed by atoms with Gasteiger partial charge in [0, 0.05) is 12.6 Å². The molecule has 16 nitrogen and oxygen atoms in total. The number of nitrogens with zero attached hydrogens (tertiary/aromatic N) is 2. The maximum absolute atomic E-state index is 12.3. The van der Waals surface area contributed by atoms with E-state index < -0.39 is 79.2 Å². The number of aliphatic hydroxyl groups excluding tert-OH is 2. The molecule has 0 radical (unpaired) electrons. The van der Waals surface area contributed by atoms with Crippen molar-refractivity contribution in [3.05, 3.63) is 22.7 Å². The zero-order valence-electron chi connectivity index (χ0n) is 17.6.